The highest BCUT2D eigenvalue weighted by molar-refractivity contribution is 7.15. The Bertz CT molecular complexity index is 932. The predicted octanol–water partition coefficient (Wildman–Crippen LogP) is 4.33. The van der Waals surface area contributed by atoms with Gasteiger partial charge in [-0.3, -0.25) is 10.1 Å². The van der Waals surface area contributed by atoms with E-state index in [-0.39, 0.29) is 11.3 Å². The van der Waals surface area contributed by atoms with E-state index in [0.717, 1.165) is 11.4 Å². The summed E-state index contributed by atoms with van der Waals surface area (Å²) in [5.74, 6) is 0.523. The average Bonchev–Trinajstić information content (AvgIpc) is 3.17. The number of anilines is 1. The van der Waals surface area contributed by atoms with E-state index in [1.807, 2.05) is 18.2 Å². The van der Waals surface area contributed by atoms with Gasteiger partial charge >= 0.3 is 0 Å². The minimum atomic E-state index is -0.349. The molecule has 146 valence electrons. The van der Waals surface area contributed by atoms with E-state index in [0.29, 0.717) is 22.2 Å². The highest BCUT2D eigenvalue weighted by atomic mass is 32.1. The summed E-state index contributed by atoms with van der Waals surface area (Å²) in [6.07, 6.45) is 0.830. The zero-order valence-corrected chi connectivity index (χ0v) is 17.2. The van der Waals surface area contributed by atoms with Crippen molar-refractivity contribution in [3.8, 4) is 11.5 Å². The zero-order valence-electron chi connectivity index (χ0n) is 16.4. The number of benzene rings is 2. The summed E-state index contributed by atoms with van der Waals surface area (Å²) in [7, 11) is 3.03. The number of carbonyl (C=O) groups excluding carboxylic acids is 1. The van der Waals surface area contributed by atoms with Gasteiger partial charge in [0.2, 0.25) is 5.13 Å². The molecule has 0 radical (unpaired) electrons. The third-order valence-corrected chi connectivity index (χ3v) is 5.57. The second kappa shape index (κ2) is 8.39. The molecule has 0 bridgehead atoms. The minimum absolute atomic E-state index is 0.204. The quantitative estimate of drug-likeness (QED) is 0.642. The van der Waals surface area contributed by atoms with Crippen molar-refractivity contribution < 1.29 is 14.3 Å². The maximum Gasteiger partial charge on any atom is 0.265 e. The van der Waals surface area contributed by atoms with Gasteiger partial charge in [0.05, 0.1) is 14.2 Å². The van der Waals surface area contributed by atoms with Crippen LogP contribution in [-0.2, 0) is 11.8 Å². The van der Waals surface area contributed by atoms with E-state index < -0.39 is 0 Å². The molecule has 0 aliphatic carbocycles. The molecule has 28 heavy (non-hydrogen) atoms. The lowest BCUT2D eigenvalue weighted by molar-refractivity contribution is 0.102. The fourth-order valence-electron chi connectivity index (χ4n) is 2.96. The van der Waals surface area contributed by atoms with Crippen LogP contribution in [0.25, 0.3) is 0 Å². The van der Waals surface area contributed by atoms with Crippen molar-refractivity contribution in [2.24, 2.45) is 0 Å². The zero-order chi connectivity index (χ0) is 20.1. The van der Waals surface area contributed by atoms with Crippen molar-refractivity contribution in [2.45, 2.75) is 25.7 Å². The average molecular weight is 398 g/mol. The number of hydrogen-bond donors (Lipinski definition) is 1. The van der Waals surface area contributed by atoms with Gasteiger partial charge in [-0.15, -0.1) is 10.2 Å². The summed E-state index contributed by atoms with van der Waals surface area (Å²) in [6, 6.07) is 15.4. The fourth-order valence-corrected chi connectivity index (χ4v) is 3.80. The number of rotatable bonds is 7. The lowest BCUT2D eigenvalue weighted by atomic mass is 9.86. The van der Waals surface area contributed by atoms with Crippen molar-refractivity contribution in [2.75, 3.05) is 19.5 Å². The van der Waals surface area contributed by atoms with Crippen LogP contribution in [0, 0.1) is 0 Å². The highest BCUT2D eigenvalue weighted by Gasteiger charge is 2.27. The molecule has 1 heterocycles. The highest BCUT2D eigenvalue weighted by Crippen LogP contribution is 2.33. The smallest absolute Gasteiger partial charge is 0.265 e. The van der Waals surface area contributed by atoms with Crippen molar-refractivity contribution in [3.63, 3.8) is 0 Å². The van der Waals surface area contributed by atoms with Gasteiger partial charge in [0.25, 0.3) is 5.91 Å². The van der Waals surface area contributed by atoms with E-state index in [2.05, 4.69) is 41.5 Å². The number of methoxy groups -OCH3 is 2. The Kier molecular flexibility index (Phi) is 5.94. The van der Waals surface area contributed by atoms with E-state index in [1.54, 1.807) is 18.2 Å². The molecule has 0 atom stereocenters. The van der Waals surface area contributed by atoms with Crippen LogP contribution < -0.4 is 14.8 Å². The molecule has 7 heteroatoms. The molecule has 0 aliphatic rings. The maximum absolute atomic E-state index is 12.8. The molecule has 0 fully saturated rings. The molecule has 2 aromatic carbocycles. The number of amides is 1. The number of ether oxygens (including phenoxy) is 2. The molecule has 1 N–H and O–H groups in total. The van der Waals surface area contributed by atoms with Gasteiger partial charge in [0, 0.05) is 5.41 Å². The van der Waals surface area contributed by atoms with Crippen LogP contribution in [0.4, 0.5) is 5.13 Å². The Balaban J connectivity index is 1.79. The Morgan fingerprint density at radius 2 is 1.64 bits per heavy atom. The molecule has 0 spiro atoms. The third-order valence-electron chi connectivity index (χ3n) is 4.37. The summed E-state index contributed by atoms with van der Waals surface area (Å²) in [4.78, 5) is 12.8. The van der Waals surface area contributed by atoms with Crippen LogP contribution in [0.3, 0.4) is 0 Å². The van der Waals surface area contributed by atoms with Gasteiger partial charge in [0.15, 0.2) is 0 Å². The normalized spacial score (nSPS) is 11.1. The Morgan fingerprint density at radius 3 is 2.25 bits per heavy atom. The lowest BCUT2D eigenvalue weighted by Gasteiger charge is -2.21. The molecular weight excluding hydrogens is 374 g/mol. The standard InChI is InChI=1S/C21H23N3O3S/c1-21(2,13-14-9-6-5-7-10-14)19-23-24-20(28-19)22-18(25)17-15(26-3)11-8-12-16(17)27-4/h5-12H,13H2,1-4H3,(H,22,24,25). The molecule has 1 aromatic heterocycles. The SMILES string of the molecule is COc1cccc(OC)c1C(=O)Nc1nnc(C(C)(C)Cc2ccccc2)s1. The first-order valence-corrected chi connectivity index (χ1v) is 9.66. The van der Waals surface area contributed by atoms with Crippen LogP contribution in [0.2, 0.25) is 0 Å². The van der Waals surface area contributed by atoms with E-state index in [1.165, 1.54) is 31.1 Å². The van der Waals surface area contributed by atoms with Gasteiger partial charge in [-0.25, -0.2) is 0 Å². The second-order valence-corrected chi connectivity index (χ2v) is 7.93. The minimum Gasteiger partial charge on any atom is -0.496 e. The van der Waals surface area contributed by atoms with E-state index in [4.69, 9.17) is 9.47 Å². The number of hydrogen-bond acceptors (Lipinski definition) is 6. The Labute approximate surface area is 168 Å². The van der Waals surface area contributed by atoms with Gasteiger partial charge in [-0.1, -0.05) is 61.6 Å². The second-order valence-electron chi connectivity index (χ2n) is 6.95. The molecule has 0 saturated heterocycles. The first-order valence-electron chi connectivity index (χ1n) is 8.85. The molecule has 1 amide bonds. The molecule has 3 rings (SSSR count). The summed E-state index contributed by atoms with van der Waals surface area (Å²) in [5.41, 5.74) is 1.35. The van der Waals surface area contributed by atoms with Crippen LogP contribution >= 0.6 is 11.3 Å². The molecule has 0 aliphatic heterocycles. The van der Waals surface area contributed by atoms with E-state index in [9.17, 15) is 4.79 Å². The number of aromatic nitrogens is 2. The first-order chi connectivity index (χ1) is 13.4. The summed E-state index contributed by atoms with van der Waals surface area (Å²) < 4.78 is 10.6. The number of nitrogens with one attached hydrogen (secondary N) is 1. The summed E-state index contributed by atoms with van der Waals surface area (Å²) >= 11 is 1.37. The predicted molar refractivity (Wildman–Crippen MR) is 111 cm³/mol. The van der Waals surface area contributed by atoms with Crippen molar-refractivity contribution in [1.29, 1.82) is 0 Å². The number of nitrogens with zero attached hydrogens (tertiary/aromatic N) is 2. The van der Waals surface area contributed by atoms with Crippen LogP contribution in [0.5, 0.6) is 11.5 Å². The van der Waals surface area contributed by atoms with Gasteiger partial charge in [0.1, 0.15) is 22.1 Å². The van der Waals surface area contributed by atoms with Gasteiger partial charge in [-0.2, -0.15) is 0 Å². The molecule has 0 unspecified atom stereocenters. The van der Waals surface area contributed by atoms with Gasteiger partial charge < -0.3 is 9.47 Å². The van der Waals surface area contributed by atoms with Crippen molar-refractivity contribution >= 4 is 22.4 Å². The molecular formula is C21H23N3O3S. The molecule has 3 aromatic rings. The lowest BCUT2D eigenvalue weighted by Crippen LogP contribution is -2.20. The molecule has 6 nitrogen and oxygen atoms in total. The summed E-state index contributed by atoms with van der Waals surface area (Å²) in [6.45, 7) is 4.24. The van der Waals surface area contributed by atoms with Crippen molar-refractivity contribution in [3.05, 3.63) is 64.7 Å². The first kappa shape index (κ1) is 19.8. The maximum atomic E-state index is 12.8. The third kappa shape index (κ3) is 4.31. The van der Waals surface area contributed by atoms with E-state index >= 15 is 0 Å². The van der Waals surface area contributed by atoms with Crippen LogP contribution in [0.15, 0.2) is 48.5 Å². The molecule has 0 saturated carbocycles. The van der Waals surface area contributed by atoms with Crippen LogP contribution in [-0.4, -0.2) is 30.3 Å². The Hall–Kier alpha value is -2.93. The number of carbonyl (C=O) groups is 1. The van der Waals surface area contributed by atoms with Crippen LogP contribution in [0.1, 0.15) is 34.8 Å². The fraction of sp³-hybridized carbons (Fsp3) is 0.286. The monoisotopic (exact) mass is 397 g/mol. The van der Waals surface area contributed by atoms with Crippen molar-refractivity contribution in [1.82, 2.24) is 10.2 Å². The summed E-state index contributed by atoms with van der Waals surface area (Å²) in [5, 5.41) is 12.6. The van der Waals surface area contributed by atoms with Gasteiger partial charge in [-0.05, 0) is 24.1 Å². The largest absolute Gasteiger partial charge is 0.496 e. The Morgan fingerprint density at radius 1 is 1.00 bits per heavy atom. The topological polar surface area (TPSA) is 73.3 Å².